The molecule has 0 fully saturated rings. The Morgan fingerprint density at radius 1 is 1.09 bits per heavy atom. The van der Waals surface area contributed by atoms with E-state index in [1.807, 2.05) is 13.8 Å². The second kappa shape index (κ2) is 8.75. The van der Waals surface area contributed by atoms with Gasteiger partial charge in [0.25, 0.3) is 0 Å². The van der Waals surface area contributed by atoms with E-state index in [4.69, 9.17) is 0 Å². The zero-order chi connectivity index (χ0) is 16.6. The summed E-state index contributed by atoms with van der Waals surface area (Å²) in [5.41, 5.74) is 0.982. The Morgan fingerprint density at radius 3 is 2.18 bits per heavy atom. The number of sulfonamides is 1. The van der Waals surface area contributed by atoms with Gasteiger partial charge < -0.3 is 10.2 Å². The van der Waals surface area contributed by atoms with Crippen molar-refractivity contribution in [1.82, 2.24) is 14.9 Å². The van der Waals surface area contributed by atoms with Crippen molar-refractivity contribution in [1.29, 1.82) is 0 Å². The summed E-state index contributed by atoms with van der Waals surface area (Å²) in [6, 6.07) is 6.64. The molecule has 6 nitrogen and oxygen atoms in total. The lowest BCUT2D eigenvalue weighted by Gasteiger charge is -2.19. The summed E-state index contributed by atoms with van der Waals surface area (Å²) in [5, 5.41) is 2.85. The normalized spacial score (nSPS) is 11.2. The Bertz CT molecular complexity index is 566. The van der Waals surface area contributed by atoms with Gasteiger partial charge in [-0.15, -0.1) is 0 Å². The molecule has 0 saturated carbocycles. The van der Waals surface area contributed by atoms with Gasteiger partial charge in [0.15, 0.2) is 0 Å². The van der Waals surface area contributed by atoms with E-state index in [2.05, 4.69) is 10.0 Å². The van der Waals surface area contributed by atoms with E-state index in [1.54, 1.807) is 36.1 Å². The van der Waals surface area contributed by atoms with Crippen LogP contribution < -0.4 is 10.0 Å². The molecule has 0 heterocycles. The highest BCUT2D eigenvalue weighted by atomic mass is 32.2. The molecule has 22 heavy (non-hydrogen) atoms. The fraction of sp³-hybridized carbons (Fsp3) is 0.533. The predicted molar refractivity (Wildman–Crippen MR) is 87.3 cm³/mol. The lowest BCUT2D eigenvalue weighted by Crippen LogP contribution is -2.40. The van der Waals surface area contributed by atoms with E-state index in [9.17, 15) is 13.2 Å². The van der Waals surface area contributed by atoms with E-state index in [0.717, 1.165) is 5.56 Å². The Hall–Kier alpha value is -1.60. The van der Waals surface area contributed by atoms with Crippen LogP contribution in [0, 0.1) is 0 Å². The van der Waals surface area contributed by atoms with Crippen molar-refractivity contribution < 1.29 is 13.2 Å². The second-order valence-corrected chi connectivity index (χ2v) is 6.57. The molecule has 2 amide bonds. The molecule has 0 bridgehead atoms. The van der Waals surface area contributed by atoms with E-state index in [-0.39, 0.29) is 10.9 Å². The molecule has 0 saturated heterocycles. The third-order valence-corrected chi connectivity index (χ3v) is 4.87. The molecule has 0 spiro atoms. The van der Waals surface area contributed by atoms with Gasteiger partial charge in [0, 0.05) is 26.2 Å². The number of benzene rings is 1. The number of urea groups is 1. The van der Waals surface area contributed by atoms with Crippen LogP contribution in [0.4, 0.5) is 4.79 Å². The van der Waals surface area contributed by atoms with Crippen LogP contribution in [0.1, 0.15) is 26.3 Å². The summed E-state index contributed by atoms with van der Waals surface area (Å²) in [6.07, 6.45) is 0.661. The fourth-order valence-electron chi connectivity index (χ4n) is 2.05. The van der Waals surface area contributed by atoms with Crippen molar-refractivity contribution in [3.63, 3.8) is 0 Å². The van der Waals surface area contributed by atoms with Crippen molar-refractivity contribution in [3.05, 3.63) is 29.8 Å². The van der Waals surface area contributed by atoms with E-state index < -0.39 is 10.0 Å². The topological polar surface area (TPSA) is 78.5 Å². The summed E-state index contributed by atoms with van der Waals surface area (Å²) in [4.78, 5) is 13.7. The minimum atomic E-state index is -3.41. The smallest absolute Gasteiger partial charge is 0.317 e. The highest BCUT2D eigenvalue weighted by Gasteiger charge is 2.12. The van der Waals surface area contributed by atoms with Gasteiger partial charge in [0.2, 0.25) is 10.0 Å². The first-order valence-corrected chi connectivity index (χ1v) is 9.04. The Balaban J connectivity index is 2.54. The Kier molecular flexibility index (Phi) is 7.34. The molecular weight excluding hydrogens is 302 g/mol. The van der Waals surface area contributed by atoms with Crippen molar-refractivity contribution in [3.8, 4) is 0 Å². The first-order chi connectivity index (χ1) is 10.4. The molecule has 1 aromatic carbocycles. The number of carbonyl (C=O) groups is 1. The first-order valence-electron chi connectivity index (χ1n) is 7.56. The van der Waals surface area contributed by atoms with Crippen LogP contribution in [-0.2, 0) is 16.4 Å². The highest BCUT2D eigenvalue weighted by molar-refractivity contribution is 7.89. The van der Waals surface area contributed by atoms with Gasteiger partial charge in [-0.2, -0.15) is 0 Å². The molecule has 1 rings (SSSR count). The molecule has 0 atom stereocenters. The largest absolute Gasteiger partial charge is 0.338 e. The summed E-state index contributed by atoms with van der Waals surface area (Å²) in [6.45, 7) is 7.86. The Labute approximate surface area is 132 Å². The van der Waals surface area contributed by atoms with E-state index in [0.29, 0.717) is 32.6 Å². The molecule has 0 unspecified atom stereocenters. The van der Waals surface area contributed by atoms with Crippen LogP contribution in [0.2, 0.25) is 0 Å². The van der Waals surface area contributed by atoms with Gasteiger partial charge in [-0.1, -0.05) is 19.1 Å². The zero-order valence-corrected chi connectivity index (χ0v) is 14.2. The maximum absolute atomic E-state index is 11.8. The fourth-order valence-corrected chi connectivity index (χ4v) is 3.09. The number of carbonyl (C=O) groups excluding carboxylic acids is 1. The van der Waals surface area contributed by atoms with Crippen LogP contribution in [0.3, 0.4) is 0 Å². The molecule has 1 aromatic rings. The number of nitrogens with zero attached hydrogens (tertiary/aromatic N) is 1. The average molecular weight is 327 g/mol. The molecule has 0 aliphatic carbocycles. The van der Waals surface area contributed by atoms with Gasteiger partial charge in [0.1, 0.15) is 0 Å². The quantitative estimate of drug-likeness (QED) is 0.761. The Morgan fingerprint density at radius 2 is 1.68 bits per heavy atom. The highest BCUT2D eigenvalue weighted by Crippen LogP contribution is 2.10. The number of rotatable bonds is 8. The summed E-state index contributed by atoms with van der Waals surface area (Å²) >= 11 is 0. The molecule has 0 aromatic heterocycles. The minimum Gasteiger partial charge on any atom is -0.338 e. The van der Waals surface area contributed by atoms with Crippen LogP contribution in [0.15, 0.2) is 29.2 Å². The first kappa shape index (κ1) is 18.4. The maximum atomic E-state index is 11.8. The van der Waals surface area contributed by atoms with Crippen molar-refractivity contribution in [2.24, 2.45) is 0 Å². The van der Waals surface area contributed by atoms with Crippen molar-refractivity contribution in [2.45, 2.75) is 32.1 Å². The van der Waals surface area contributed by atoms with Gasteiger partial charge in [-0.3, -0.25) is 0 Å². The third-order valence-electron chi connectivity index (χ3n) is 3.31. The lowest BCUT2D eigenvalue weighted by atomic mass is 10.1. The monoisotopic (exact) mass is 327 g/mol. The van der Waals surface area contributed by atoms with Crippen LogP contribution in [0.25, 0.3) is 0 Å². The van der Waals surface area contributed by atoms with Crippen molar-refractivity contribution in [2.75, 3.05) is 26.2 Å². The number of hydrogen-bond acceptors (Lipinski definition) is 3. The van der Waals surface area contributed by atoms with Crippen molar-refractivity contribution >= 4 is 16.1 Å². The van der Waals surface area contributed by atoms with Crippen LogP contribution in [0.5, 0.6) is 0 Å². The molecule has 0 aliphatic heterocycles. The average Bonchev–Trinajstić information content (AvgIpc) is 2.49. The van der Waals surface area contributed by atoms with Crippen LogP contribution >= 0.6 is 0 Å². The lowest BCUT2D eigenvalue weighted by molar-refractivity contribution is 0.203. The van der Waals surface area contributed by atoms with Gasteiger partial charge >= 0.3 is 6.03 Å². The molecule has 2 N–H and O–H groups in total. The molecule has 0 radical (unpaired) electrons. The third kappa shape index (κ3) is 5.31. The minimum absolute atomic E-state index is 0.0728. The molecule has 0 aliphatic rings. The van der Waals surface area contributed by atoms with Gasteiger partial charge in [-0.25, -0.2) is 17.9 Å². The summed E-state index contributed by atoms with van der Waals surface area (Å²) < 4.78 is 26.1. The SMILES string of the molecule is CCNS(=O)(=O)c1ccc(CCNC(=O)N(CC)CC)cc1. The summed E-state index contributed by atoms with van der Waals surface area (Å²) in [5.74, 6) is 0. The molecule has 7 heteroatoms. The van der Waals surface area contributed by atoms with Gasteiger partial charge in [-0.05, 0) is 38.0 Å². The van der Waals surface area contributed by atoms with E-state index in [1.165, 1.54) is 0 Å². The number of nitrogens with one attached hydrogen (secondary N) is 2. The van der Waals surface area contributed by atoms with Gasteiger partial charge in [0.05, 0.1) is 4.90 Å². The second-order valence-electron chi connectivity index (χ2n) is 4.80. The standard InChI is InChI=1S/C15H25N3O3S/c1-4-17-22(20,21)14-9-7-13(8-10-14)11-12-16-15(19)18(5-2)6-3/h7-10,17H,4-6,11-12H2,1-3H3,(H,16,19). The van der Waals surface area contributed by atoms with Crippen LogP contribution in [-0.4, -0.2) is 45.5 Å². The zero-order valence-electron chi connectivity index (χ0n) is 13.4. The number of hydrogen-bond donors (Lipinski definition) is 2. The summed E-state index contributed by atoms with van der Waals surface area (Å²) in [7, 11) is -3.41. The molecule has 124 valence electrons. The maximum Gasteiger partial charge on any atom is 0.317 e. The molecular formula is C15H25N3O3S. The predicted octanol–water partition coefficient (Wildman–Crippen LogP) is 1.58. The van der Waals surface area contributed by atoms with E-state index >= 15 is 0 Å². The number of amides is 2.